The topological polar surface area (TPSA) is 49.4 Å². The van der Waals surface area contributed by atoms with Gasteiger partial charge in [0.15, 0.2) is 0 Å². The molecule has 2 amide bonds. The highest BCUT2D eigenvalue weighted by atomic mass is 32.1. The van der Waals surface area contributed by atoms with E-state index in [-0.39, 0.29) is 11.8 Å². The number of hydrogen-bond acceptors (Lipinski definition) is 3. The summed E-state index contributed by atoms with van der Waals surface area (Å²) in [6.45, 7) is 4.75. The molecule has 1 aromatic rings. The van der Waals surface area contributed by atoms with Crippen LogP contribution in [0.1, 0.15) is 26.7 Å². The molecule has 2 rings (SSSR count). The summed E-state index contributed by atoms with van der Waals surface area (Å²) in [5, 5.41) is 2.87. The molecule has 5 heteroatoms. The van der Waals surface area contributed by atoms with Gasteiger partial charge in [0.2, 0.25) is 11.8 Å². The Bertz CT molecular complexity index is 514. The highest BCUT2D eigenvalue weighted by Crippen LogP contribution is 2.26. The largest absolute Gasteiger partial charge is 0.326 e. The Balaban J connectivity index is 1.99. The van der Waals surface area contributed by atoms with E-state index in [0.29, 0.717) is 24.7 Å². The maximum Gasteiger partial charge on any atom is 0.227 e. The number of nitrogens with one attached hydrogen (secondary N) is 1. The van der Waals surface area contributed by atoms with Gasteiger partial charge in [0.25, 0.3) is 0 Å². The van der Waals surface area contributed by atoms with Crippen molar-refractivity contribution in [1.29, 1.82) is 0 Å². The van der Waals surface area contributed by atoms with Crippen molar-refractivity contribution in [3.05, 3.63) is 24.3 Å². The highest BCUT2D eigenvalue weighted by molar-refractivity contribution is 7.80. The van der Waals surface area contributed by atoms with E-state index in [9.17, 15) is 9.59 Å². The monoisotopic (exact) mass is 306 g/mol. The lowest BCUT2D eigenvalue weighted by atomic mass is 10.1. The lowest BCUT2D eigenvalue weighted by Gasteiger charge is -2.17. The molecule has 0 saturated carbocycles. The van der Waals surface area contributed by atoms with Crippen molar-refractivity contribution in [1.82, 2.24) is 0 Å². The van der Waals surface area contributed by atoms with Crippen molar-refractivity contribution in [3.8, 4) is 0 Å². The van der Waals surface area contributed by atoms with Crippen LogP contribution < -0.4 is 10.2 Å². The number of hydrogen-bond donors (Lipinski definition) is 2. The van der Waals surface area contributed by atoms with Crippen LogP contribution in [0, 0.1) is 11.8 Å². The summed E-state index contributed by atoms with van der Waals surface area (Å²) in [7, 11) is 0. The van der Waals surface area contributed by atoms with Crippen LogP contribution in [-0.2, 0) is 9.59 Å². The van der Waals surface area contributed by atoms with Crippen LogP contribution in [0.15, 0.2) is 24.3 Å². The van der Waals surface area contributed by atoms with Crippen molar-refractivity contribution in [2.45, 2.75) is 26.7 Å². The molecule has 0 radical (unpaired) electrons. The molecule has 1 aromatic carbocycles. The van der Waals surface area contributed by atoms with Gasteiger partial charge in [-0.25, -0.2) is 0 Å². The van der Waals surface area contributed by atoms with Crippen LogP contribution in [0.2, 0.25) is 0 Å². The summed E-state index contributed by atoms with van der Waals surface area (Å²) in [5.41, 5.74) is 1.65. The molecule has 1 atom stereocenters. The fourth-order valence-electron chi connectivity index (χ4n) is 2.46. The normalized spacial score (nSPS) is 18.4. The van der Waals surface area contributed by atoms with Gasteiger partial charge in [0, 0.05) is 30.8 Å². The fraction of sp³-hybridized carbons (Fsp3) is 0.500. The number of anilines is 2. The van der Waals surface area contributed by atoms with E-state index in [4.69, 9.17) is 0 Å². The molecule has 1 fully saturated rings. The molecule has 114 valence electrons. The number of benzene rings is 1. The highest BCUT2D eigenvalue weighted by Gasteiger charge is 2.29. The predicted molar refractivity (Wildman–Crippen MR) is 88.8 cm³/mol. The van der Waals surface area contributed by atoms with Gasteiger partial charge < -0.3 is 10.2 Å². The maximum absolute atomic E-state index is 12.0. The second-order valence-corrected chi connectivity index (χ2v) is 6.32. The number of carbonyl (C=O) groups excluding carboxylic acids is 2. The van der Waals surface area contributed by atoms with Crippen molar-refractivity contribution < 1.29 is 9.59 Å². The molecule has 0 aliphatic carbocycles. The summed E-state index contributed by atoms with van der Waals surface area (Å²) >= 11 is 4.26. The Morgan fingerprint density at radius 1 is 1.38 bits per heavy atom. The zero-order valence-corrected chi connectivity index (χ0v) is 13.4. The molecule has 1 aliphatic rings. The Morgan fingerprint density at radius 3 is 2.57 bits per heavy atom. The third kappa shape index (κ3) is 4.24. The third-order valence-electron chi connectivity index (χ3n) is 3.52. The Hall–Kier alpha value is -1.49. The van der Waals surface area contributed by atoms with E-state index >= 15 is 0 Å². The Kier molecular flexibility index (Phi) is 5.28. The van der Waals surface area contributed by atoms with Crippen LogP contribution in [0.4, 0.5) is 11.4 Å². The minimum absolute atomic E-state index is 0.0186. The van der Waals surface area contributed by atoms with E-state index in [1.54, 1.807) is 4.90 Å². The van der Waals surface area contributed by atoms with Gasteiger partial charge in [-0.05, 0) is 41.9 Å². The molecule has 1 heterocycles. The zero-order valence-electron chi connectivity index (χ0n) is 12.5. The number of amides is 2. The Morgan fingerprint density at radius 2 is 2.05 bits per heavy atom. The molecule has 1 aliphatic heterocycles. The average Bonchev–Trinajstić information content (AvgIpc) is 2.80. The molecule has 21 heavy (non-hydrogen) atoms. The first-order valence-corrected chi connectivity index (χ1v) is 7.94. The SMILES string of the molecule is CC(C)CC(=O)Nc1ccc(N2CC(CS)CC2=O)cc1. The van der Waals surface area contributed by atoms with Crippen LogP contribution in [0.25, 0.3) is 0 Å². The first-order valence-electron chi connectivity index (χ1n) is 7.30. The summed E-state index contributed by atoms with van der Waals surface area (Å²) in [6.07, 6.45) is 1.08. The lowest BCUT2D eigenvalue weighted by Crippen LogP contribution is -2.24. The molecule has 1 unspecified atom stereocenters. The molecular formula is C16H22N2O2S. The fourth-order valence-corrected chi connectivity index (χ4v) is 2.71. The summed E-state index contributed by atoms with van der Waals surface area (Å²) in [6, 6.07) is 7.44. The number of carbonyl (C=O) groups is 2. The summed E-state index contributed by atoms with van der Waals surface area (Å²) in [5.74, 6) is 1.55. The lowest BCUT2D eigenvalue weighted by molar-refractivity contribution is -0.117. The molecule has 0 spiro atoms. The maximum atomic E-state index is 12.0. The number of thiol groups is 1. The second kappa shape index (κ2) is 6.98. The van der Waals surface area contributed by atoms with Crippen molar-refractivity contribution in [2.24, 2.45) is 11.8 Å². The first-order chi connectivity index (χ1) is 9.99. The van der Waals surface area contributed by atoms with Crippen molar-refractivity contribution in [2.75, 3.05) is 22.5 Å². The second-order valence-electron chi connectivity index (χ2n) is 5.95. The molecule has 4 nitrogen and oxygen atoms in total. The van der Waals surface area contributed by atoms with Crippen LogP contribution in [-0.4, -0.2) is 24.1 Å². The average molecular weight is 306 g/mol. The molecular weight excluding hydrogens is 284 g/mol. The minimum atomic E-state index is 0.0186. The van der Waals surface area contributed by atoms with Crippen LogP contribution >= 0.6 is 12.6 Å². The summed E-state index contributed by atoms with van der Waals surface area (Å²) in [4.78, 5) is 25.5. The van der Waals surface area contributed by atoms with Crippen molar-refractivity contribution in [3.63, 3.8) is 0 Å². The standard InChI is InChI=1S/C16H22N2O2S/c1-11(2)7-15(19)17-13-3-5-14(6-4-13)18-9-12(10-21)8-16(18)20/h3-6,11-12,21H,7-10H2,1-2H3,(H,17,19). The zero-order chi connectivity index (χ0) is 15.4. The van der Waals surface area contributed by atoms with E-state index in [1.165, 1.54) is 0 Å². The first kappa shape index (κ1) is 15.9. The predicted octanol–water partition coefficient (Wildman–Crippen LogP) is 2.95. The molecule has 0 bridgehead atoms. The van der Waals surface area contributed by atoms with E-state index in [0.717, 1.165) is 23.7 Å². The summed E-state index contributed by atoms with van der Waals surface area (Å²) < 4.78 is 0. The van der Waals surface area contributed by atoms with E-state index in [1.807, 2.05) is 38.1 Å². The van der Waals surface area contributed by atoms with Crippen LogP contribution in [0.5, 0.6) is 0 Å². The molecule has 1 saturated heterocycles. The minimum Gasteiger partial charge on any atom is -0.326 e. The quantitative estimate of drug-likeness (QED) is 0.822. The van der Waals surface area contributed by atoms with Gasteiger partial charge in [0.05, 0.1) is 0 Å². The van der Waals surface area contributed by atoms with Gasteiger partial charge in [0.1, 0.15) is 0 Å². The third-order valence-corrected chi connectivity index (χ3v) is 4.04. The van der Waals surface area contributed by atoms with Gasteiger partial charge in [-0.2, -0.15) is 12.6 Å². The van der Waals surface area contributed by atoms with Gasteiger partial charge in [-0.3, -0.25) is 9.59 Å². The molecule has 0 aromatic heterocycles. The Labute approximate surface area is 131 Å². The van der Waals surface area contributed by atoms with E-state index < -0.39 is 0 Å². The van der Waals surface area contributed by atoms with Crippen LogP contribution in [0.3, 0.4) is 0 Å². The number of rotatable bonds is 5. The van der Waals surface area contributed by atoms with Gasteiger partial charge in [-0.15, -0.1) is 0 Å². The van der Waals surface area contributed by atoms with Crippen molar-refractivity contribution >= 4 is 35.8 Å². The smallest absolute Gasteiger partial charge is 0.227 e. The van der Waals surface area contributed by atoms with Gasteiger partial charge in [-0.1, -0.05) is 13.8 Å². The van der Waals surface area contributed by atoms with Gasteiger partial charge >= 0.3 is 0 Å². The molecule has 1 N–H and O–H groups in total. The number of nitrogens with zero attached hydrogens (tertiary/aromatic N) is 1. The van der Waals surface area contributed by atoms with E-state index in [2.05, 4.69) is 17.9 Å².